The molecule has 0 radical (unpaired) electrons. The summed E-state index contributed by atoms with van der Waals surface area (Å²) in [6.45, 7) is 2.07. The van der Waals surface area contributed by atoms with Crippen LogP contribution in [0.15, 0.2) is 103 Å². The maximum Gasteiger partial charge on any atom is 0.729 e. The third-order valence-corrected chi connectivity index (χ3v) is 5.77. The summed E-state index contributed by atoms with van der Waals surface area (Å²) in [4.78, 5) is 0. The molecule has 26 heavy (non-hydrogen) atoms. The van der Waals surface area contributed by atoms with Crippen molar-refractivity contribution in [3.63, 3.8) is 0 Å². The van der Waals surface area contributed by atoms with Crippen molar-refractivity contribution in [2.75, 3.05) is 0 Å². The second-order valence-corrected chi connectivity index (χ2v) is 7.81. The summed E-state index contributed by atoms with van der Waals surface area (Å²) in [5.74, 6) is 2.14. The summed E-state index contributed by atoms with van der Waals surface area (Å²) >= 11 is 0. The van der Waals surface area contributed by atoms with Gasteiger partial charge in [-0.2, -0.15) is 0 Å². The van der Waals surface area contributed by atoms with E-state index in [1.165, 1.54) is 0 Å². The summed E-state index contributed by atoms with van der Waals surface area (Å²) in [5.41, 5.74) is 1.94. The Morgan fingerprint density at radius 2 is 0.962 bits per heavy atom. The minimum Gasteiger partial charge on any atom is -0.480 e. The molecule has 0 N–H and O–H groups in total. The number of para-hydroxylation sites is 3. The molecular formula is C22H22O3Si. The van der Waals surface area contributed by atoms with Gasteiger partial charge in [-0.1, -0.05) is 67.6 Å². The topological polar surface area (TPSA) is 27.7 Å². The van der Waals surface area contributed by atoms with Crippen LogP contribution in [0.4, 0.5) is 0 Å². The van der Waals surface area contributed by atoms with Gasteiger partial charge in [0.2, 0.25) is 0 Å². The molecule has 0 amide bonds. The Kier molecular flexibility index (Phi) is 6.12. The van der Waals surface area contributed by atoms with E-state index in [2.05, 4.69) is 6.92 Å². The summed E-state index contributed by atoms with van der Waals surface area (Å²) in [6.07, 6.45) is 2.89. The predicted molar refractivity (Wildman–Crippen MR) is 106 cm³/mol. The highest BCUT2D eigenvalue weighted by Gasteiger charge is 2.46. The zero-order valence-electron chi connectivity index (χ0n) is 14.7. The van der Waals surface area contributed by atoms with Crippen LogP contribution in [0.2, 0.25) is 0 Å². The van der Waals surface area contributed by atoms with Gasteiger partial charge >= 0.3 is 8.80 Å². The van der Waals surface area contributed by atoms with Crippen LogP contribution in [0.3, 0.4) is 0 Å². The summed E-state index contributed by atoms with van der Waals surface area (Å²) in [7, 11) is -3.22. The van der Waals surface area contributed by atoms with Gasteiger partial charge in [0.1, 0.15) is 17.2 Å². The normalized spacial score (nSPS) is 11.3. The third-order valence-electron chi connectivity index (χ3n) is 3.57. The fraction of sp³-hybridized carbons (Fsp3) is 0.0909. The Labute approximate surface area is 155 Å². The average molecular weight is 363 g/mol. The molecule has 0 heterocycles. The molecule has 0 spiro atoms. The van der Waals surface area contributed by atoms with E-state index in [4.69, 9.17) is 13.3 Å². The smallest absolute Gasteiger partial charge is 0.480 e. The van der Waals surface area contributed by atoms with E-state index in [1.807, 2.05) is 103 Å². The van der Waals surface area contributed by atoms with Gasteiger partial charge in [-0.3, -0.25) is 0 Å². The molecule has 3 aromatic rings. The molecule has 0 unspecified atom stereocenters. The number of benzene rings is 3. The lowest BCUT2D eigenvalue weighted by Gasteiger charge is -2.28. The van der Waals surface area contributed by atoms with E-state index in [1.54, 1.807) is 0 Å². The molecule has 4 heteroatoms. The lowest BCUT2D eigenvalue weighted by atomic mass is 10.3. The van der Waals surface area contributed by atoms with Crippen LogP contribution < -0.4 is 13.3 Å². The van der Waals surface area contributed by atoms with Crippen molar-refractivity contribution in [2.45, 2.75) is 13.3 Å². The van der Waals surface area contributed by atoms with E-state index in [9.17, 15) is 0 Å². The molecule has 0 aromatic heterocycles. The maximum absolute atomic E-state index is 6.32. The summed E-state index contributed by atoms with van der Waals surface area (Å²) in [5, 5.41) is 0. The summed E-state index contributed by atoms with van der Waals surface area (Å²) < 4.78 is 19.0. The van der Waals surface area contributed by atoms with Crippen LogP contribution in [0.25, 0.3) is 0 Å². The van der Waals surface area contributed by atoms with Crippen molar-refractivity contribution < 1.29 is 13.3 Å². The van der Waals surface area contributed by atoms with Gasteiger partial charge < -0.3 is 13.3 Å². The van der Waals surface area contributed by atoms with Gasteiger partial charge in [-0.05, 0) is 42.8 Å². The van der Waals surface area contributed by atoms with Crippen molar-refractivity contribution in [1.29, 1.82) is 0 Å². The Hall–Kier alpha value is -2.98. The van der Waals surface area contributed by atoms with Gasteiger partial charge in [-0.25, -0.2) is 0 Å². The van der Waals surface area contributed by atoms with Gasteiger partial charge in [0, 0.05) is 5.70 Å². The zero-order valence-corrected chi connectivity index (χ0v) is 15.7. The fourth-order valence-corrected chi connectivity index (χ4v) is 4.63. The van der Waals surface area contributed by atoms with Crippen LogP contribution in [0.5, 0.6) is 17.2 Å². The van der Waals surface area contributed by atoms with Gasteiger partial charge in [0.15, 0.2) is 0 Å². The number of allylic oxidation sites excluding steroid dienone is 1. The molecule has 0 aliphatic carbocycles. The van der Waals surface area contributed by atoms with Gasteiger partial charge in [0.25, 0.3) is 0 Å². The number of rotatable bonds is 8. The van der Waals surface area contributed by atoms with Crippen molar-refractivity contribution in [1.82, 2.24) is 0 Å². The van der Waals surface area contributed by atoms with Crippen LogP contribution in [0, 0.1) is 0 Å². The van der Waals surface area contributed by atoms with Crippen molar-refractivity contribution in [3.8, 4) is 17.2 Å². The lowest BCUT2D eigenvalue weighted by molar-refractivity contribution is 0.279. The highest BCUT2D eigenvalue weighted by Crippen LogP contribution is 2.25. The van der Waals surface area contributed by atoms with E-state index in [0.717, 1.165) is 6.42 Å². The monoisotopic (exact) mass is 362 g/mol. The Morgan fingerprint density at radius 3 is 1.27 bits per heavy atom. The molecule has 3 aromatic carbocycles. The van der Waals surface area contributed by atoms with Crippen LogP contribution in [-0.4, -0.2) is 8.80 Å². The molecule has 0 atom stereocenters. The quantitative estimate of drug-likeness (QED) is 0.483. The summed E-state index contributed by atoms with van der Waals surface area (Å²) in [6, 6.07) is 28.9. The van der Waals surface area contributed by atoms with E-state index < -0.39 is 8.80 Å². The van der Waals surface area contributed by atoms with E-state index in [-0.39, 0.29) is 0 Å². The number of hydrogen-bond acceptors (Lipinski definition) is 3. The molecule has 0 saturated heterocycles. The van der Waals surface area contributed by atoms with Gasteiger partial charge in [-0.15, -0.1) is 0 Å². The molecule has 0 bridgehead atoms. The average Bonchev–Trinajstić information content (AvgIpc) is 2.69. The highest BCUT2D eigenvalue weighted by molar-refractivity contribution is 6.68. The van der Waals surface area contributed by atoms with Crippen molar-refractivity contribution >= 4 is 8.80 Å². The Bertz CT molecular complexity index is 703. The SMILES string of the molecule is CC/C=C/[Si](Oc1ccccc1)(Oc1ccccc1)Oc1ccccc1. The Morgan fingerprint density at radius 1 is 0.615 bits per heavy atom. The number of hydrogen-bond donors (Lipinski definition) is 0. The molecule has 132 valence electrons. The molecule has 3 nitrogen and oxygen atoms in total. The standard InChI is InChI=1S/C22H22O3Si/c1-2-3-19-26(23-20-13-7-4-8-14-20,24-21-15-9-5-10-16-21)25-22-17-11-6-12-18-22/h3-19H,2H2,1H3/b19-3+. The van der Waals surface area contributed by atoms with Crippen LogP contribution in [-0.2, 0) is 0 Å². The van der Waals surface area contributed by atoms with Crippen LogP contribution in [0.1, 0.15) is 13.3 Å². The van der Waals surface area contributed by atoms with Crippen LogP contribution >= 0.6 is 0 Å². The molecular weight excluding hydrogens is 340 g/mol. The Balaban J connectivity index is 1.98. The predicted octanol–water partition coefficient (Wildman–Crippen LogP) is 5.67. The molecule has 0 fully saturated rings. The van der Waals surface area contributed by atoms with Crippen molar-refractivity contribution in [2.24, 2.45) is 0 Å². The van der Waals surface area contributed by atoms with E-state index in [0.29, 0.717) is 17.2 Å². The minimum absolute atomic E-state index is 0.715. The first-order valence-corrected chi connectivity index (χ1v) is 10.5. The first kappa shape index (κ1) is 17.8. The minimum atomic E-state index is -3.22. The van der Waals surface area contributed by atoms with E-state index >= 15 is 0 Å². The molecule has 0 aliphatic heterocycles. The molecule has 0 saturated carbocycles. The van der Waals surface area contributed by atoms with Crippen molar-refractivity contribution in [3.05, 3.63) is 103 Å². The first-order chi connectivity index (χ1) is 12.8. The third kappa shape index (κ3) is 5.01. The second-order valence-electron chi connectivity index (χ2n) is 5.66. The first-order valence-electron chi connectivity index (χ1n) is 8.69. The second kappa shape index (κ2) is 8.92. The zero-order chi connectivity index (χ0) is 18.1. The maximum atomic E-state index is 6.32. The fourth-order valence-electron chi connectivity index (χ4n) is 2.39. The lowest BCUT2D eigenvalue weighted by Crippen LogP contribution is -2.53. The largest absolute Gasteiger partial charge is 0.729 e. The van der Waals surface area contributed by atoms with Gasteiger partial charge in [0.05, 0.1) is 0 Å². The highest BCUT2D eigenvalue weighted by atomic mass is 28.4. The molecule has 3 rings (SSSR count). The molecule has 0 aliphatic rings.